The number of rotatable bonds is 5. The summed E-state index contributed by atoms with van der Waals surface area (Å²) in [7, 11) is -3.53. The first-order valence-electron chi connectivity index (χ1n) is 10.1. The molecular formula is C21H20N6O4S. The van der Waals surface area contributed by atoms with E-state index in [-0.39, 0.29) is 22.1 Å². The SMILES string of the molecule is O=c1[nH]c(C2CCN(S(=O)(=O)c3ccccc3)CC2)nc2cncc(Oc3cn[nH]c3)c12. The molecule has 0 saturated carbocycles. The molecule has 1 saturated heterocycles. The number of hydrogen-bond donors (Lipinski definition) is 2. The van der Waals surface area contributed by atoms with Crippen molar-refractivity contribution in [2.24, 2.45) is 0 Å². The molecule has 32 heavy (non-hydrogen) atoms. The van der Waals surface area contributed by atoms with E-state index in [2.05, 4.69) is 25.1 Å². The molecule has 4 aromatic rings. The van der Waals surface area contributed by atoms with Gasteiger partial charge in [-0.05, 0) is 25.0 Å². The Labute approximate surface area is 183 Å². The first-order chi connectivity index (χ1) is 15.5. The second-order valence-corrected chi connectivity index (χ2v) is 9.45. The Hall–Kier alpha value is -3.57. The molecule has 0 unspecified atom stereocenters. The van der Waals surface area contributed by atoms with Gasteiger partial charge in [0.05, 0.1) is 35.2 Å². The van der Waals surface area contributed by atoms with E-state index in [4.69, 9.17) is 4.74 Å². The van der Waals surface area contributed by atoms with Crippen LogP contribution >= 0.6 is 0 Å². The number of fused-ring (bicyclic) bond motifs is 1. The fourth-order valence-corrected chi connectivity index (χ4v) is 5.37. The van der Waals surface area contributed by atoms with Crippen LogP contribution in [-0.2, 0) is 10.0 Å². The zero-order valence-electron chi connectivity index (χ0n) is 16.9. The summed E-state index contributed by atoms with van der Waals surface area (Å²) in [5, 5.41) is 6.77. The average Bonchev–Trinajstić information content (AvgIpc) is 3.33. The smallest absolute Gasteiger partial charge is 0.262 e. The number of ether oxygens (including phenoxy) is 1. The number of piperidine rings is 1. The molecule has 0 aliphatic carbocycles. The molecule has 0 radical (unpaired) electrons. The number of hydrogen-bond acceptors (Lipinski definition) is 7. The second-order valence-electron chi connectivity index (χ2n) is 7.51. The van der Waals surface area contributed by atoms with E-state index in [0.29, 0.717) is 48.4 Å². The minimum atomic E-state index is -3.53. The highest BCUT2D eigenvalue weighted by molar-refractivity contribution is 7.89. The lowest BCUT2D eigenvalue weighted by molar-refractivity contribution is 0.313. The van der Waals surface area contributed by atoms with Crippen LogP contribution < -0.4 is 10.3 Å². The van der Waals surface area contributed by atoms with Crippen LogP contribution in [0.15, 0.2) is 64.8 Å². The number of benzene rings is 1. The van der Waals surface area contributed by atoms with Gasteiger partial charge in [-0.2, -0.15) is 9.40 Å². The zero-order chi connectivity index (χ0) is 22.1. The van der Waals surface area contributed by atoms with E-state index >= 15 is 0 Å². The number of H-pyrrole nitrogens is 2. The monoisotopic (exact) mass is 452 g/mol. The molecule has 4 heterocycles. The van der Waals surface area contributed by atoms with Gasteiger partial charge in [0.15, 0.2) is 11.5 Å². The van der Waals surface area contributed by atoms with Crippen LogP contribution in [0, 0.1) is 0 Å². The molecule has 164 valence electrons. The van der Waals surface area contributed by atoms with E-state index in [0.717, 1.165) is 0 Å². The standard InChI is InChI=1S/C21H20N6O4S/c28-21-19-17(12-22-13-18(19)31-15-10-23-24-11-15)25-20(26-21)14-6-8-27(9-7-14)32(29,30)16-4-2-1-3-5-16/h1-5,10-14H,6-9H2,(H,23,24)(H,25,26,28). The summed E-state index contributed by atoms with van der Waals surface area (Å²) in [5.41, 5.74) is 0.0920. The Balaban J connectivity index is 1.38. The molecule has 5 rings (SSSR count). The molecule has 1 aliphatic heterocycles. The normalized spacial score (nSPS) is 15.8. The third kappa shape index (κ3) is 3.76. The fourth-order valence-electron chi connectivity index (χ4n) is 3.88. The average molecular weight is 452 g/mol. The van der Waals surface area contributed by atoms with Crippen molar-refractivity contribution >= 4 is 20.9 Å². The van der Waals surface area contributed by atoms with Crippen molar-refractivity contribution in [3.05, 3.63) is 71.3 Å². The first kappa shape index (κ1) is 20.3. The highest BCUT2D eigenvalue weighted by Gasteiger charge is 2.31. The molecule has 0 amide bonds. The van der Waals surface area contributed by atoms with Crippen molar-refractivity contribution in [1.29, 1.82) is 0 Å². The molecule has 3 aromatic heterocycles. The maximum absolute atomic E-state index is 12.9. The van der Waals surface area contributed by atoms with E-state index < -0.39 is 10.0 Å². The van der Waals surface area contributed by atoms with Crippen LogP contribution in [0.1, 0.15) is 24.6 Å². The lowest BCUT2D eigenvalue weighted by Crippen LogP contribution is -2.38. The molecule has 0 spiro atoms. The lowest BCUT2D eigenvalue weighted by Gasteiger charge is -2.30. The number of aromatic amines is 2. The van der Waals surface area contributed by atoms with E-state index in [1.54, 1.807) is 36.5 Å². The summed E-state index contributed by atoms with van der Waals surface area (Å²) >= 11 is 0. The van der Waals surface area contributed by atoms with Crippen molar-refractivity contribution in [3.63, 3.8) is 0 Å². The largest absolute Gasteiger partial charge is 0.452 e. The molecule has 10 nitrogen and oxygen atoms in total. The van der Waals surface area contributed by atoms with E-state index in [1.165, 1.54) is 22.9 Å². The summed E-state index contributed by atoms with van der Waals surface area (Å²) in [6.07, 6.45) is 7.14. The quantitative estimate of drug-likeness (QED) is 0.475. The van der Waals surface area contributed by atoms with Gasteiger partial charge in [0.1, 0.15) is 11.2 Å². The van der Waals surface area contributed by atoms with Gasteiger partial charge in [-0.25, -0.2) is 13.4 Å². The Morgan fingerprint density at radius 1 is 1.06 bits per heavy atom. The van der Waals surface area contributed by atoms with Crippen LogP contribution in [0.5, 0.6) is 11.5 Å². The predicted octanol–water partition coefficient (Wildman–Crippen LogP) is 2.40. The molecule has 0 bridgehead atoms. The first-order valence-corrected chi connectivity index (χ1v) is 11.6. The van der Waals surface area contributed by atoms with Crippen molar-refractivity contribution in [1.82, 2.24) is 29.5 Å². The number of nitrogens with zero attached hydrogens (tertiary/aromatic N) is 4. The highest BCUT2D eigenvalue weighted by atomic mass is 32.2. The van der Waals surface area contributed by atoms with Crippen molar-refractivity contribution in [2.75, 3.05) is 13.1 Å². The Morgan fingerprint density at radius 2 is 1.84 bits per heavy atom. The molecule has 1 aromatic carbocycles. The van der Waals surface area contributed by atoms with Crippen LogP contribution in [0.3, 0.4) is 0 Å². The maximum Gasteiger partial charge on any atom is 0.262 e. The molecule has 0 atom stereocenters. The summed E-state index contributed by atoms with van der Waals surface area (Å²) in [5.74, 6) is 1.21. The van der Waals surface area contributed by atoms with E-state index in [9.17, 15) is 13.2 Å². The molecule has 1 aliphatic rings. The van der Waals surface area contributed by atoms with Crippen LogP contribution in [0.4, 0.5) is 0 Å². The summed E-state index contributed by atoms with van der Waals surface area (Å²) in [6.45, 7) is 0.705. The summed E-state index contributed by atoms with van der Waals surface area (Å²) in [6, 6.07) is 8.40. The van der Waals surface area contributed by atoms with Gasteiger partial charge in [-0.1, -0.05) is 18.2 Å². The minimum absolute atomic E-state index is 0.0622. The third-order valence-electron chi connectivity index (χ3n) is 5.52. The van der Waals surface area contributed by atoms with Gasteiger partial charge in [0.2, 0.25) is 10.0 Å². The van der Waals surface area contributed by atoms with Crippen molar-refractivity contribution in [2.45, 2.75) is 23.7 Å². The summed E-state index contributed by atoms with van der Waals surface area (Å²) in [4.78, 5) is 24.8. The predicted molar refractivity (Wildman–Crippen MR) is 116 cm³/mol. The second kappa shape index (κ2) is 8.17. The fraction of sp³-hybridized carbons (Fsp3) is 0.238. The van der Waals surface area contributed by atoms with Crippen LogP contribution in [0.2, 0.25) is 0 Å². The third-order valence-corrected chi connectivity index (χ3v) is 7.44. The number of nitrogens with one attached hydrogen (secondary N) is 2. The number of sulfonamides is 1. The Bertz CT molecular complexity index is 1400. The van der Waals surface area contributed by atoms with Crippen molar-refractivity contribution < 1.29 is 13.2 Å². The van der Waals surface area contributed by atoms with Gasteiger partial charge in [0.25, 0.3) is 5.56 Å². The molecule has 11 heteroatoms. The van der Waals surface area contributed by atoms with Gasteiger partial charge < -0.3 is 9.72 Å². The number of aromatic nitrogens is 5. The molecular weight excluding hydrogens is 432 g/mol. The topological polar surface area (TPSA) is 134 Å². The molecule has 1 fully saturated rings. The zero-order valence-corrected chi connectivity index (χ0v) is 17.7. The van der Waals surface area contributed by atoms with Gasteiger partial charge in [-0.15, -0.1) is 0 Å². The number of pyridine rings is 1. The van der Waals surface area contributed by atoms with Gasteiger partial charge in [0, 0.05) is 19.0 Å². The Kier molecular flexibility index (Phi) is 5.19. The summed E-state index contributed by atoms with van der Waals surface area (Å²) < 4.78 is 32.9. The van der Waals surface area contributed by atoms with Crippen LogP contribution in [-0.4, -0.2) is 51.0 Å². The van der Waals surface area contributed by atoms with Gasteiger partial charge >= 0.3 is 0 Å². The van der Waals surface area contributed by atoms with Crippen molar-refractivity contribution in [3.8, 4) is 11.5 Å². The maximum atomic E-state index is 12.9. The minimum Gasteiger partial charge on any atom is -0.452 e. The van der Waals surface area contributed by atoms with E-state index in [1.807, 2.05) is 0 Å². The highest BCUT2D eigenvalue weighted by Crippen LogP contribution is 2.30. The van der Waals surface area contributed by atoms with Crippen LogP contribution in [0.25, 0.3) is 10.9 Å². The molecule has 2 N–H and O–H groups in total. The van der Waals surface area contributed by atoms with Gasteiger partial charge in [-0.3, -0.25) is 14.9 Å². The Morgan fingerprint density at radius 3 is 2.56 bits per heavy atom. The lowest BCUT2D eigenvalue weighted by atomic mass is 9.97.